The number of nitrogens with one attached hydrogen (secondary N) is 1. The summed E-state index contributed by atoms with van der Waals surface area (Å²) < 4.78 is 26.6. The molecule has 0 aliphatic rings. The van der Waals surface area contributed by atoms with E-state index < -0.39 is 31.5 Å². The first-order valence-electron chi connectivity index (χ1n) is 6.73. The summed E-state index contributed by atoms with van der Waals surface area (Å²) in [5.41, 5.74) is 0. The van der Waals surface area contributed by atoms with Crippen molar-refractivity contribution in [3.8, 4) is 0 Å². The number of nitrogens with zero attached hydrogens (tertiary/aromatic N) is 1. The zero-order valence-electron chi connectivity index (χ0n) is 13.3. The molecule has 0 rings (SSSR count). The molecule has 0 bridgehead atoms. The van der Waals surface area contributed by atoms with Gasteiger partial charge in [-0.3, -0.25) is 18.9 Å². The highest BCUT2D eigenvalue weighted by molar-refractivity contribution is 7.54. The maximum absolute atomic E-state index is 12.2. The van der Waals surface area contributed by atoms with Crippen LogP contribution in [0, 0.1) is 0 Å². The van der Waals surface area contributed by atoms with Gasteiger partial charge in [0.25, 0.3) is 0 Å². The summed E-state index contributed by atoms with van der Waals surface area (Å²) in [5.74, 6) is -1.69. The van der Waals surface area contributed by atoms with E-state index in [9.17, 15) is 18.9 Å². The summed E-state index contributed by atoms with van der Waals surface area (Å²) in [5, 5.41) is 2.29. The van der Waals surface area contributed by atoms with Crippen LogP contribution in [-0.4, -0.2) is 69.3 Å². The van der Waals surface area contributed by atoms with Crippen LogP contribution in [-0.2, 0) is 32.7 Å². The normalized spacial score (nSPS) is 10.9. The topological polar surface area (TPSA) is 111 Å². The van der Waals surface area contributed by atoms with E-state index in [4.69, 9.17) is 9.05 Å². The molecule has 0 saturated carbocycles. The number of amides is 2. The molecule has 0 aromatic rings. The summed E-state index contributed by atoms with van der Waals surface area (Å²) in [6.07, 6.45) is -0.449. The minimum atomic E-state index is -3.51. The molecular weight excluding hydrogens is 315 g/mol. The standard InChI is InChI=1S/C12H23N2O7P/c1-5-20-22(18,21-6-2)9-11(16)14(3)8-10(15)13-7-12(17)19-4/h5-9H2,1-4H3,(H,13,15). The number of likely N-dealkylation sites (N-methyl/N-ethyl adjacent to an activating group) is 1. The number of ether oxygens (including phenoxy) is 1. The highest BCUT2D eigenvalue weighted by atomic mass is 31.2. The minimum absolute atomic E-state index is 0.147. The van der Waals surface area contributed by atoms with Gasteiger partial charge in [-0.25, -0.2) is 0 Å². The van der Waals surface area contributed by atoms with Gasteiger partial charge in [0.15, 0.2) is 0 Å². The zero-order valence-corrected chi connectivity index (χ0v) is 14.2. The SMILES string of the molecule is CCOP(=O)(CC(=O)N(C)CC(=O)NCC(=O)OC)OCC. The second-order valence-electron chi connectivity index (χ2n) is 4.21. The van der Waals surface area contributed by atoms with Gasteiger partial charge in [0.2, 0.25) is 11.8 Å². The van der Waals surface area contributed by atoms with E-state index in [-0.39, 0.29) is 26.3 Å². The van der Waals surface area contributed by atoms with Crippen molar-refractivity contribution < 1.29 is 32.7 Å². The largest absolute Gasteiger partial charge is 0.468 e. The van der Waals surface area contributed by atoms with Crippen LogP contribution in [0.25, 0.3) is 0 Å². The van der Waals surface area contributed by atoms with Crippen LogP contribution in [0.2, 0.25) is 0 Å². The fourth-order valence-corrected chi connectivity index (χ4v) is 3.03. The quantitative estimate of drug-likeness (QED) is 0.441. The van der Waals surface area contributed by atoms with E-state index in [0.717, 1.165) is 4.90 Å². The Morgan fingerprint density at radius 2 is 1.68 bits per heavy atom. The van der Waals surface area contributed by atoms with Gasteiger partial charge in [-0.1, -0.05) is 0 Å². The Bertz CT molecular complexity index is 431. The first-order valence-corrected chi connectivity index (χ1v) is 8.46. The van der Waals surface area contributed by atoms with E-state index >= 15 is 0 Å². The summed E-state index contributed by atoms with van der Waals surface area (Å²) in [4.78, 5) is 35.5. The van der Waals surface area contributed by atoms with Gasteiger partial charge in [-0.2, -0.15) is 0 Å². The number of carbonyl (C=O) groups excluding carboxylic acids is 3. The van der Waals surface area contributed by atoms with E-state index in [1.807, 2.05) is 0 Å². The molecule has 0 heterocycles. The fraction of sp³-hybridized carbons (Fsp3) is 0.750. The average molecular weight is 338 g/mol. The molecule has 0 unspecified atom stereocenters. The van der Waals surface area contributed by atoms with Gasteiger partial charge >= 0.3 is 13.6 Å². The van der Waals surface area contributed by atoms with Crippen molar-refractivity contribution in [1.29, 1.82) is 0 Å². The van der Waals surface area contributed by atoms with Crippen molar-refractivity contribution in [2.24, 2.45) is 0 Å². The molecule has 0 fully saturated rings. The molecule has 9 nitrogen and oxygen atoms in total. The van der Waals surface area contributed by atoms with Gasteiger partial charge in [0.1, 0.15) is 12.7 Å². The van der Waals surface area contributed by atoms with E-state index in [2.05, 4.69) is 10.1 Å². The Labute approximate surface area is 129 Å². The van der Waals surface area contributed by atoms with Gasteiger partial charge in [-0.15, -0.1) is 0 Å². The maximum atomic E-state index is 12.2. The lowest BCUT2D eigenvalue weighted by Gasteiger charge is -2.21. The van der Waals surface area contributed by atoms with Crippen LogP contribution in [0.4, 0.5) is 0 Å². The number of hydrogen-bond acceptors (Lipinski definition) is 7. The molecule has 0 spiro atoms. The summed E-state index contributed by atoms with van der Waals surface area (Å²) in [6, 6.07) is 0. The van der Waals surface area contributed by atoms with E-state index in [1.54, 1.807) is 13.8 Å². The maximum Gasteiger partial charge on any atom is 0.340 e. The van der Waals surface area contributed by atoms with Gasteiger partial charge < -0.3 is 24.0 Å². The molecule has 10 heteroatoms. The number of hydrogen-bond donors (Lipinski definition) is 1. The molecule has 0 aliphatic carbocycles. The van der Waals surface area contributed by atoms with Gasteiger partial charge in [0, 0.05) is 7.05 Å². The molecule has 22 heavy (non-hydrogen) atoms. The Morgan fingerprint density at radius 3 is 2.14 bits per heavy atom. The van der Waals surface area contributed by atoms with Crippen molar-refractivity contribution in [2.45, 2.75) is 13.8 Å². The monoisotopic (exact) mass is 338 g/mol. The third-order valence-corrected chi connectivity index (χ3v) is 4.41. The molecular formula is C12H23N2O7P. The van der Waals surface area contributed by atoms with Gasteiger partial charge in [-0.05, 0) is 13.8 Å². The highest BCUT2D eigenvalue weighted by Crippen LogP contribution is 2.47. The number of carbonyl (C=O) groups is 3. The lowest BCUT2D eigenvalue weighted by molar-refractivity contribution is -0.141. The van der Waals surface area contributed by atoms with E-state index in [0.29, 0.717) is 0 Å². The predicted octanol–water partition coefficient (Wildman–Crippen LogP) is 0.000100. The second-order valence-corrected chi connectivity index (χ2v) is 6.26. The molecule has 0 saturated heterocycles. The zero-order chi connectivity index (χ0) is 17.2. The Balaban J connectivity index is 4.43. The number of esters is 1. The number of methoxy groups -OCH3 is 1. The molecule has 1 N–H and O–H groups in total. The fourth-order valence-electron chi connectivity index (χ4n) is 1.41. The summed E-state index contributed by atoms with van der Waals surface area (Å²) >= 11 is 0. The third kappa shape index (κ3) is 8.11. The Kier molecular flexibility index (Phi) is 9.64. The first kappa shape index (κ1) is 20.6. The van der Waals surface area contributed by atoms with Crippen molar-refractivity contribution >= 4 is 25.4 Å². The van der Waals surface area contributed by atoms with E-state index in [1.165, 1.54) is 14.2 Å². The van der Waals surface area contributed by atoms with Crippen molar-refractivity contribution in [3.05, 3.63) is 0 Å². The molecule has 128 valence electrons. The third-order valence-electron chi connectivity index (χ3n) is 2.44. The summed E-state index contributed by atoms with van der Waals surface area (Å²) in [6.45, 7) is 3.00. The molecule has 0 radical (unpaired) electrons. The molecule has 0 aromatic heterocycles. The Hall–Kier alpha value is -1.44. The van der Waals surface area contributed by atoms with Crippen LogP contribution in [0.1, 0.15) is 13.8 Å². The van der Waals surface area contributed by atoms with Crippen LogP contribution >= 0.6 is 7.60 Å². The predicted molar refractivity (Wildman–Crippen MR) is 78.4 cm³/mol. The Morgan fingerprint density at radius 1 is 1.14 bits per heavy atom. The lowest BCUT2D eigenvalue weighted by Crippen LogP contribution is -2.41. The van der Waals surface area contributed by atoms with Crippen molar-refractivity contribution in [1.82, 2.24) is 10.2 Å². The second kappa shape index (κ2) is 10.3. The van der Waals surface area contributed by atoms with Crippen molar-refractivity contribution in [3.63, 3.8) is 0 Å². The minimum Gasteiger partial charge on any atom is -0.468 e. The van der Waals surface area contributed by atoms with Crippen LogP contribution < -0.4 is 5.32 Å². The summed E-state index contributed by atoms with van der Waals surface area (Å²) in [7, 11) is -0.931. The van der Waals surface area contributed by atoms with Crippen LogP contribution in [0.3, 0.4) is 0 Å². The highest BCUT2D eigenvalue weighted by Gasteiger charge is 2.29. The van der Waals surface area contributed by atoms with Crippen molar-refractivity contribution in [2.75, 3.05) is 46.6 Å². The lowest BCUT2D eigenvalue weighted by atomic mass is 10.4. The van der Waals surface area contributed by atoms with Gasteiger partial charge in [0.05, 0.1) is 26.9 Å². The van der Waals surface area contributed by atoms with Crippen LogP contribution in [0.5, 0.6) is 0 Å². The van der Waals surface area contributed by atoms with Crippen LogP contribution in [0.15, 0.2) is 0 Å². The molecule has 0 aliphatic heterocycles. The first-order chi connectivity index (χ1) is 10.3. The average Bonchev–Trinajstić information content (AvgIpc) is 2.44. The number of rotatable bonds is 10. The molecule has 0 atom stereocenters. The molecule has 0 aromatic carbocycles. The smallest absolute Gasteiger partial charge is 0.340 e. The molecule has 2 amide bonds.